The number of nitrogens with one attached hydrogen (secondary N) is 1. The number of aromatic nitrogens is 1. The van der Waals surface area contributed by atoms with Gasteiger partial charge in [0, 0.05) is 22.1 Å². The first kappa shape index (κ1) is 9.37. The van der Waals surface area contributed by atoms with Gasteiger partial charge < -0.3 is 10.1 Å². The summed E-state index contributed by atoms with van der Waals surface area (Å²) < 4.78 is 0. The van der Waals surface area contributed by atoms with Crippen LogP contribution in [0.3, 0.4) is 0 Å². The molecule has 5 heteroatoms. The third kappa shape index (κ3) is 1.35. The number of aromatic carboxylic acids is 1. The number of carbonyl (C=O) groups is 1. The molecule has 1 heterocycles. The number of H-pyrrole nitrogens is 1. The van der Waals surface area contributed by atoms with Crippen molar-refractivity contribution in [2.75, 3.05) is 0 Å². The number of rotatable bonds is 1. The largest absolute Gasteiger partial charge is 0.478 e. The van der Waals surface area contributed by atoms with Gasteiger partial charge in [0.15, 0.2) is 0 Å². The fourth-order valence-corrected chi connectivity index (χ4v) is 1.95. The maximum Gasteiger partial charge on any atom is 0.337 e. The normalized spacial score (nSPS) is 10.7. The molecule has 2 aromatic rings. The van der Waals surface area contributed by atoms with Crippen molar-refractivity contribution in [2.24, 2.45) is 0 Å². The third-order valence-corrected chi connectivity index (χ3v) is 2.44. The van der Waals surface area contributed by atoms with Crippen LogP contribution in [-0.2, 0) is 0 Å². The minimum Gasteiger partial charge on any atom is -0.478 e. The first-order valence-corrected chi connectivity index (χ1v) is 4.54. The SMILES string of the molecule is O=C(O)c1c[nH]c2cc(Cl)cc(Cl)c12. The van der Waals surface area contributed by atoms with Crippen molar-refractivity contribution < 1.29 is 9.90 Å². The minimum atomic E-state index is -1.01. The van der Waals surface area contributed by atoms with E-state index < -0.39 is 5.97 Å². The van der Waals surface area contributed by atoms with Gasteiger partial charge in [-0.2, -0.15) is 0 Å². The first-order valence-electron chi connectivity index (χ1n) is 3.79. The number of hydrogen-bond donors (Lipinski definition) is 2. The van der Waals surface area contributed by atoms with Crippen molar-refractivity contribution in [3.8, 4) is 0 Å². The lowest BCUT2D eigenvalue weighted by molar-refractivity contribution is 0.0699. The highest BCUT2D eigenvalue weighted by Gasteiger charge is 2.13. The molecule has 0 atom stereocenters. The van der Waals surface area contributed by atoms with Gasteiger partial charge >= 0.3 is 5.97 Å². The Bertz CT molecular complexity index is 519. The van der Waals surface area contributed by atoms with Crippen molar-refractivity contribution in [3.63, 3.8) is 0 Å². The molecular formula is C9H5Cl2NO2. The molecule has 0 bridgehead atoms. The van der Waals surface area contributed by atoms with Crippen LogP contribution in [0.5, 0.6) is 0 Å². The average molecular weight is 230 g/mol. The zero-order valence-corrected chi connectivity index (χ0v) is 8.36. The molecule has 0 spiro atoms. The molecule has 14 heavy (non-hydrogen) atoms. The second-order valence-electron chi connectivity index (χ2n) is 2.82. The molecule has 0 amide bonds. The Labute approximate surface area is 89.2 Å². The van der Waals surface area contributed by atoms with Crippen molar-refractivity contribution in [1.82, 2.24) is 4.98 Å². The van der Waals surface area contributed by atoms with E-state index in [9.17, 15) is 4.79 Å². The van der Waals surface area contributed by atoms with Gasteiger partial charge in [-0.3, -0.25) is 0 Å². The first-order chi connectivity index (χ1) is 6.59. The van der Waals surface area contributed by atoms with E-state index in [0.29, 0.717) is 20.9 Å². The molecule has 1 aromatic carbocycles. The summed E-state index contributed by atoms with van der Waals surface area (Å²) >= 11 is 11.6. The highest BCUT2D eigenvalue weighted by atomic mass is 35.5. The van der Waals surface area contributed by atoms with E-state index in [0.717, 1.165) is 0 Å². The molecule has 0 radical (unpaired) electrons. The zero-order chi connectivity index (χ0) is 10.3. The molecule has 0 aliphatic heterocycles. The summed E-state index contributed by atoms with van der Waals surface area (Å²) in [6, 6.07) is 3.15. The third-order valence-electron chi connectivity index (χ3n) is 1.93. The van der Waals surface area contributed by atoms with Gasteiger partial charge in [0.1, 0.15) is 0 Å². The standard InChI is InChI=1S/C9H5Cl2NO2/c10-4-1-6(11)8-5(9(13)14)3-12-7(8)2-4/h1-3,12H,(H,13,14). The maximum atomic E-state index is 10.8. The lowest BCUT2D eigenvalue weighted by atomic mass is 10.2. The monoisotopic (exact) mass is 229 g/mol. The molecule has 2 rings (SSSR count). The lowest BCUT2D eigenvalue weighted by Gasteiger charge is -1.97. The highest BCUT2D eigenvalue weighted by molar-refractivity contribution is 6.39. The Kier molecular flexibility index (Phi) is 2.13. The quantitative estimate of drug-likeness (QED) is 0.790. The summed E-state index contributed by atoms with van der Waals surface area (Å²) in [5.74, 6) is -1.01. The fourth-order valence-electron chi connectivity index (χ4n) is 1.35. The molecule has 0 unspecified atom stereocenters. The molecule has 0 saturated carbocycles. The zero-order valence-electron chi connectivity index (χ0n) is 6.84. The number of hydrogen-bond acceptors (Lipinski definition) is 1. The molecule has 3 nitrogen and oxygen atoms in total. The van der Waals surface area contributed by atoms with Crippen LogP contribution in [0.15, 0.2) is 18.3 Å². The number of halogens is 2. The van der Waals surface area contributed by atoms with Crippen LogP contribution >= 0.6 is 23.2 Å². The molecule has 0 saturated heterocycles. The van der Waals surface area contributed by atoms with Crippen molar-refractivity contribution >= 4 is 40.1 Å². The Morgan fingerprint density at radius 2 is 2.07 bits per heavy atom. The molecule has 72 valence electrons. The Morgan fingerprint density at radius 1 is 1.36 bits per heavy atom. The van der Waals surface area contributed by atoms with Crippen molar-refractivity contribution in [1.29, 1.82) is 0 Å². The highest BCUT2D eigenvalue weighted by Crippen LogP contribution is 2.30. The van der Waals surface area contributed by atoms with Crippen LogP contribution in [0.25, 0.3) is 10.9 Å². The van der Waals surface area contributed by atoms with E-state index in [1.165, 1.54) is 12.3 Å². The summed E-state index contributed by atoms with van der Waals surface area (Å²) in [6.45, 7) is 0. The summed E-state index contributed by atoms with van der Waals surface area (Å²) in [7, 11) is 0. The van der Waals surface area contributed by atoms with Crippen molar-refractivity contribution in [2.45, 2.75) is 0 Å². The van der Waals surface area contributed by atoms with Crippen molar-refractivity contribution in [3.05, 3.63) is 33.9 Å². The van der Waals surface area contributed by atoms with E-state index in [2.05, 4.69) is 4.98 Å². The van der Waals surface area contributed by atoms with Crippen LogP contribution in [0.2, 0.25) is 10.0 Å². The molecule has 2 N–H and O–H groups in total. The van der Waals surface area contributed by atoms with Crippen LogP contribution in [0.1, 0.15) is 10.4 Å². The summed E-state index contributed by atoms with van der Waals surface area (Å²) in [5.41, 5.74) is 0.779. The molecule has 1 aromatic heterocycles. The van der Waals surface area contributed by atoms with Crippen LogP contribution in [0, 0.1) is 0 Å². The van der Waals surface area contributed by atoms with E-state index in [-0.39, 0.29) is 5.56 Å². The smallest absolute Gasteiger partial charge is 0.337 e. The van der Waals surface area contributed by atoms with Crippen LogP contribution in [0.4, 0.5) is 0 Å². The lowest BCUT2D eigenvalue weighted by Crippen LogP contribution is -1.93. The van der Waals surface area contributed by atoms with Gasteiger partial charge in [-0.25, -0.2) is 4.79 Å². The minimum absolute atomic E-state index is 0.154. The average Bonchev–Trinajstić information content (AvgIpc) is 2.47. The van der Waals surface area contributed by atoms with E-state index in [1.54, 1.807) is 6.07 Å². The van der Waals surface area contributed by atoms with Gasteiger partial charge in [-0.05, 0) is 12.1 Å². The maximum absolute atomic E-state index is 10.8. The summed E-state index contributed by atoms with van der Waals surface area (Å²) in [5, 5.41) is 10.2. The van der Waals surface area contributed by atoms with Gasteiger partial charge in [0.2, 0.25) is 0 Å². The van der Waals surface area contributed by atoms with Gasteiger partial charge in [0.05, 0.1) is 10.6 Å². The topological polar surface area (TPSA) is 53.1 Å². The molecular weight excluding hydrogens is 225 g/mol. The van der Waals surface area contributed by atoms with Crippen LogP contribution < -0.4 is 0 Å². The Morgan fingerprint density at radius 3 is 2.71 bits per heavy atom. The Balaban J connectivity index is 2.85. The Hall–Kier alpha value is -1.19. The molecule has 0 fully saturated rings. The van der Waals surface area contributed by atoms with E-state index >= 15 is 0 Å². The predicted octanol–water partition coefficient (Wildman–Crippen LogP) is 3.17. The van der Waals surface area contributed by atoms with Gasteiger partial charge in [-0.1, -0.05) is 23.2 Å². The number of benzene rings is 1. The van der Waals surface area contributed by atoms with E-state index in [4.69, 9.17) is 28.3 Å². The molecule has 0 aliphatic rings. The second-order valence-corrected chi connectivity index (χ2v) is 3.66. The van der Waals surface area contributed by atoms with E-state index in [1.807, 2.05) is 0 Å². The summed E-state index contributed by atoms with van der Waals surface area (Å²) in [4.78, 5) is 13.6. The fraction of sp³-hybridized carbons (Fsp3) is 0. The number of carboxylic acid groups (broad SMARTS) is 1. The van der Waals surface area contributed by atoms with Crippen LogP contribution in [-0.4, -0.2) is 16.1 Å². The number of fused-ring (bicyclic) bond motifs is 1. The number of carboxylic acids is 1. The second kappa shape index (κ2) is 3.19. The molecule has 0 aliphatic carbocycles. The van der Waals surface area contributed by atoms with Gasteiger partial charge in [-0.15, -0.1) is 0 Å². The number of aromatic amines is 1. The van der Waals surface area contributed by atoms with Gasteiger partial charge in [0.25, 0.3) is 0 Å². The predicted molar refractivity (Wildman–Crippen MR) is 55.3 cm³/mol. The summed E-state index contributed by atoms with van der Waals surface area (Å²) in [6.07, 6.45) is 1.40.